The maximum Gasteiger partial charge on any atom is 0.341 e. The van der Waals surface area contributed by atoms with E-state index < -0.39 is 29.5 Å². The van der Waals surface area contributed by atoms with Crippen LogP contribution in [0.4, 0.5) is 8.78 Å². The van der Waals surface area contributed by atoms with Gasteiger partial charge in [-0.05, 0) is 33.6 Å². The first-order chi connectivity index (χ1) is 9.93. The van der Waals surface area contributed by atoms with Crippen molar-refractivity contribution in [2.75, 3.05) is 6.67 Å². The summed E-state index contributed by atoms with van der Waals surface area (Å²) in [4.78, 5) is 23.3. The van der Waals surface area contributed by atoms with E-state index in [4.69, 9.17) is 5.11 Å². The second-order valence-electron chi connectivity index (χ2n) is 4.28. The molecule has 2 rings (SSSR count). The molecule has 21 heavy (non-hydrogen) atoms. The number of hydrogen-bond donors (Lipinski definition) is 1. The number of carboxylic acid groups (broad SMARTS) is 1. The lowest BCUT2D eigenvalue weighted by Gasteiger charge is -2.09. The van der Waals surface area contributed by atoms with Crippen LogP contribution in [-0.4, -0.2) is 22.3 Å². The average Bonchev–Trinajstić information content (AvgIpc) is 2.43. The Morgan fingerprint density at radius 3 is 2.62 bits per heavy atom. The summed E-state index contributed by atoms with van der Waals surface area (Å²) in [5.41, 5.74) is -0.731. The summed E-state index contributed by atoms with van der Waals surface area (Å²) in [6.45, 7) is -0.773. The van der Waals surface area contributed by atoms with E-state index in [2.05, 4.69) is 15.9 Å². The number of halogens is 3. The molecule has 0 radical (unpaired) electrons. The summed E-state index contributed by atoms with van der Waals surface area (Å²) in [6, 6.07) is 3.89. The molecule has 1 heterocycles. The van der Waals surface area contributed by atoms with Crippen LogP contribution in [0.2, 0.25) is 0 Å². The molecule has 1 aromatic carbocycles. The molecule has 0 aliphatic carbocycles. The summed E-state index contributed by atoms with van der Waals surface area (Å²) in [5, 5.41) is 9.05. The number of nitrogens with zero attached hydrogens (tertiary/aromatic N) is 1. The molecule has 0 unspecified atom stereocenters. The summed E-state index contributed by atoms with van der Waals surface area (Å²) in [6.07, 6.45) is 2.44. The van der Waals surface area contributed by atoms with Crippen molar-refractivity contribution in [3.63, 3.8) is 0 Å². The summed E-state index contributed by atoms with van der Waals surface area (Å²) < 4.78 is 27.1. The normalized spacial score (nSPS) is 10.6. The second kappa shape index (κ2) is 6.17. The number of aromatic nitrogens is 1. The number of carboxylic acids is 1. The standard InChI is InChI=1S/C14H10BrF2NO3/c15-11-5-8(1-2-12(11)17)9-6-18(4-3-16)7-10(13(9)19)14(20)21/h1-2,5-7H,3-4H2,(H,20,21). The van der Waals surface area contributed by atoms with Gasteiger partial charge in [0.25, 0.3) is 0 Å². The van der Waals surface area contributed by atoms with Crippen molar-refractivity contribution in [1.82, 2.24) is 4.57 Å². The number of pyridine rings is 1. The quantitative estimate of drug-likeness (QED) is 0.914. The largest absolute Gasteiger partial charge is 0.477 e. The highest BCUT2D eigenvalue weighted by atomic mass is 79.9. The first-order valence-electron chi connectivity index (χ1n) is 5.93. The van der Waals surface area contributed by atoms with Gasteiger partial charge in [0.1, 0.15) is 18.1 Å². The molecule has 1 aromatic heterocycles. The third kappa shape index (κ3) is 3.18. The first kappa shape index (κ1) is 15.4. The van der Waals surface area contributed by atoms with Crippen molar-refractivity contribution in [1.29, 1.82) is 0 Å². The molecule has 110 valence electrons. The summed E-state index contributed by atoms with van der Waals surface area (Å²) >= 11 is 3.00. The fourth-order valence-corrected chi connectivity index (χ4v) is 2.26. The molecule has 0 saturated carbocycles. The number of hydrogen-bond acceptors (Lipinski definition) is 2. The van der Waals surface area contributed by atoms with E-state index in [9.17, 15) is 18.4 Å². The fraction of sp³-hybridized carbons (Fsp3) is 0.143. The zero-order valence-corrected chi connectivity index (χ0v) is 12.2. The van der Waals surface area contributed by atoms with Gasteiger partial charge in [-0.3, -0.25) is 4.79 Å². The molecule has 0 bridgehead atoms. The van der Waals surface area contributed by atoms with E-state index in [1.54, 1.807) is 0 Å². The van der Waals surface area contributed by atoms with E-state index >= 15 is 0 Å². The Balaban J connectivity index is 2.68. The Hall–Kier alpha value is -2.02. The monoisotopic (exact) mass is 357 g/mol. The molecule has 0 aliphatic rings. The molecular formula is C14H10BrF2NO3. The molecule has 2 aromatic rings. The van der Waals surface area contributed by atoms with Crippen molar-refractivity contribution in [2.24, 2.45) is 0 Å². The minimum Gasteiger partial charge on any atom is -0.477 e. The average molecular weight is 358 g/mol. The summed E-state index contributed by atoms with van der Waals surface area (Å²) in [5.74, 6) is -1.90. The molecule has 0 amide bonds. The molecule has 0 fully saturated rings. The Morgan fingerprint density at radius 2 is 2.05 bits per heavy atom. The van der Waals surface area contributed by atoms with Crippen LogP contribution in [0.3, 0.4) is 0 Å². The van der Waals surface area contributed by atoms with Gasteiger partial charge in [-0.25, -0.2) is 13.6 Å². The van der Waals surface area contributed by atoms with Crippen LogP contribution in [0.25, 0.3) is 11.1 Å². The van der Waals surface area contributed by atoms with Crippen molar-refractivity contribution >= 4 is 21.9 Å². The number of aryl methyl sites for hydroxylation is 1. The lowest BCUT2D eigenvalue weighted by Crippen LogP contribution is -2.20. The minimum atomic E-state index is -1.39. The predicted octanol–water partition coefficient (Wildman–Crippen LogP) is 3.08. The number of rotatable bonds is 4. The first-order valence-corrected chi connectivity index (χ1v) is 6.72. The predicted molar refractivity (Wildman–Crippen MR) is 76.7 cm³/mol. The SMILES string of the molecule is O=C(O)c1cn(CCF)cc(-c2ccc(F)c(Br)c2)c1=O. The van der Waals surface area contributed by atoms with Crippen molar-refractivity contribution in [2.45, 2.75) is 6.54 Å². The van der Waals surface area contributed by atoms with E-state index in [0.717, 1.165) is 12.3 Å². The van der Waals surface area contributed by atoms with Gasteiger partial charge in [-0.1, -0.05) is 6.07 Å². The molecule has 0 atom stereocenters. The van der Waals surface area contributed by atoms with Gasteiger partial charge in [0.15, 0.2) is 0 Å². The smallest absolute Gasteiger partial charge is 0.341 e. The lowest BCUT2D eigenvalue weighted by atomic mass is 10.0. The highest BCUT2D eigenvalue weighted by Gasteiger charge is 2.15. The van der Waals surface area contributed by atoms with E-state index in [1.165, 1.54) is 22.9 Å². The van der Waals surface area contributed by atoms with Crippen molar-refractivity contribution in [3.8, 4) is 11.1 Å². The molecule has 0 spiro atoms. The van der Waals surface area contributed by atoms with Gasteiger partial charge in [0.05, 0.1) is 11.0 Å². The number of aromatic carboxylic acids is 1. The highest BCUT2D eigenvalue weighted by molar-refractivity contribution is 9.10. The van der Waals surface area contributed by atoms with Crippen molar-refractivity contribution < 1.29 is 18.7 Å². The third-order valence-electron chi connectivity index (χ3n) is 2.88. The van der Waals surface area contributed by atoms with Gasteiger partial charge in [0, 0.05) is 18.0 Å². The highest BCUT2D eigenvalue weighted by Crippen LogP contribution is 2.23. The Bertz CT molecular complexity index is 758. The van der Waals surface area contributed by atoms with Gasteiger partial charge in [-0.15, -0.1) is 0 Å². The minimum absolute atomic E-state index is 0.0732. The van der Waals surface area contributed by atoms with Crippen LogP contribution in [0.5, 0.6) is 0 Å². The van der Waals surface area contributed by atoms with Crippen LogP contribution in [0.1, 0.15) is 10.4 Å². The Morgan fingerprint density at radius 1 is 1.33 bits per heavy atom. The summed E-state index contributed by atoms with van der Waals surface area (Å²) in [7, 11) is 0. The molecule has 0 saturated heterocycles. The molecule has 0 aliphatic heterocycles. The maximum absolute atomic E-state index is 13.2. The van der Waals surface area contributed by atoms with Crippen LogP contribution in [0.15, 0.2) is 39.9 Å². The van der Waals surface area contributed by atoms with Crippen LogP contribution in [0, 0.1) is 5.82 Å². The van der Waals surface area contributed by atoms with Crippen LogP contribution in [-0.2, 0) is 6.54 Å². The number of carbonyl (C=O) groups is 1. The maximum atomic E-state index is 13.2. The zero-order chi connectivity index (χ0) is 15.6. The zero-order valence-electron chi connectivity index (χ0n) is 10.6. The van der Waals surface area contributed by atoms with Gasteiger partial charge in [-0.2, -0.15) is 0 Å². The molecule has 7 heteroatoms. The lowest BCUT2D eigenvalue weighted by molar-refractivity contribution is 0.0694. The topological polar surface area (TPSA) is 59.3 Å². The van der Waals surface area contributed by atoms with Gasteiger partial charge in [0.2, 0.25) is 5.43 Å². The number of benzene rings is 1. The second-order valence-corrected chi connectivity index (χ2v) is 5.13. The Labute approximate surface area is 126 Å². The molecule has 4 nitrogen and oxygen atoms in total. The Kier molecular flexibility index (Phi) is 4.52. The van der Waals surface area contributed by atoms with Crippen LogP contribution >= 0.6 is 15.9 Å². The van der Waals surface area contributed by atoms with Gasteiger partial charge < -0.3 is 9.67 Å². The fourth-order valence-electron chi connectivity index (χ4n) is 1.88. The molecular weight excluding hydrogens is 348 g/mol. The van der Waals surface area contributed by atoms with Crippen molar-refractivity contribution in [3.05, 3.63) is 56.7 Å². The molecule has 1 N–H and O–H groups in total. The van der Waals surface area contributed by atoms with E-state index in [-0.39, 0.29) is 16.6 Å². The van der Waals surface area contributed by atoms with Crippen LogP contribution < -0.4 is 5.43 Å². The van der Waals surface area contributed by atoms with E-state index in [1.807, 2.05) is 0 Å². The number of alkyl halides is 1. The van der Waals surface area contributed by atoms with E-state index in [0.29, 0.717) is 5.56 Å². The third-order valence-corrected chi connectivity index (χ3v) is 3.49. The van der Waals surface area contributed by atoms with Gasteiger partial charge >= 0.3 is 5.97 Å².